The van der Waals surface area contributed by atoms with Crippen molar-refractivity contribution in [3.05, 3.63) is 71.3 Å². The van der Waals surface area contributed by atoms with Crippen LogP contribution in [0.5, 0.6) is 0 Å². The molecule has 1 atom stereocenters. The molecule has 0 aliphatic carbocycles. The largest absolute Gasteiger partial charge is 0.465 e. The summed E-state index contributed by atoms with van der Waals surface area (Å²) in [5.74, 6) is -0.487. The first-order valence-electron chi connectivity index (χ1n) is 6.95. The van der Waals surface area contributed by atoms with E-state index in [1.165, 1.54) is 7.11 Å². The van der Waals surface area contributed by atoms with Crippen LogP contribution in [0.15, 0.2) is 54.6 Å². The lowest BCUT2D eigenvalue weighted by Gasteiger charge is -2.14. The number of rotatable bonds is 5. The summed E-state index contributed by atoms with van der Waals surface area (Å²) in [6.45, 7) is 2.00. The highest BCUT2D eigenvalue weighted by molar-refractivity contribution is 6.01. The molecule has 3 heteroatoms. The fourth-order valence-electron chi connectivity index (χ4n) is 2.35. The first kappa shape index (κ1) is 15.0. The van der Waals surface area contributed by atoms with E-state index in [9.17, 15) is 9.59 Å². The lowest BCUT2D eigenvalue weighted by atomic mass is 9.88. The number of methoxy groups -OCH3 is 1. The predicted molar refractivity (Wildman–Crippen MR) is 81.6 cm³/mol. The van der Waals surface area contributed by atoms with E-state index in [2.05, 4.69) is 4.74 Å². The predicted octanol–water partition coefficient (Wildman–Crippen LogP) is 3.85. The summed E-state index contributed by atoms with van der Waals surface area (Å²) >= 11 is 0. The van der Waals surface area contributed by atoms with Gasteiger partial charge in [0.2, 0.25) is 0 Å². The Bertz CT molecular complexity index is 615. The second-order valence-electron chi connectivity index (χ2n) is 4.80. The van der Waals surface area contributed by atoms with Crippen molar-refractivity contribution >= 4 is 11.8 Å². The van der Waals surface area contributed by atoms with Gasteiger partial charge in [-0.3, -0.25) is 4.79 Å². The molecule has 0 spiro atoms. The highest BCUT2D eigenvalue weighted by atomic mass is 16.5. The van der Waals surface area contributed by atoms with Crippen LogP contribution in [0.3, 0.4) is 0 Å². The molecular formula is C18H18O3. The van der Waals surface area contributed by atoms with Crippen LogP contribution in [-0.2, 0) is 4.74 Å². The molecule has 2 aromatic carbocycles. The van der Waals surface area contributed by atoms with Crippen molar-refractivity contribution in [3.8, 4) is 0 Å². The summed E-state index contributed by atoms with van der Waals surface area (Å²) in [6.07, 6.45) is 0.738. The van der Waals surface area contributed by atoms with Crippen LogP contribution in [0.25, 0.3) is 0 Å². The zero-order chi connectivity index (χ0) is 15.2. The molecule has 0 saturated heterocycles. The normalized spacial score (nSPS) is 11.7. The third-order valence-corrected chi connectivity index (χ3v) is 3.52. The Labute approximate surface area is 124 Å². The fraction of sp³-hybridized carbons (Fsp3) is 0.222. The number of esters is 1. The number of ether oxygens (including phenoxy) is 1. The monoisotopic (exact) mass is 282 g/mol. The summed E-state index contributed by atoms with van der Waals surface area (Å²) in [7, 11) is 1.34. The maximum atomic E-state index is 12.6. The summed E-state index contributed by atoms with van der Waals surface area (Å²) < 4.78 is 4.65. The van der Waals surface area contributed by atoms with E-state index in [0.29, 0.717) is 11.1 Å². The molecule has 0 aromatic heterocycles. The van der Waals surface area contributed by atoms with E-state index in [1.807, 2.05) is 37.3 Å². The zero-order valence-electron chi connectivity index (χ0n) is 12.2. The lowest BCUT2D eigenvalue weighted by molar-refractivity contribution is 0.0600. The van der Waals surface area contributed by atoms with E-state index in [4.69, 9.17) is 0 Å². The van der Waals surface area contributed by atoms with Crippen LogP contribution in [-0.4, -0.2) is 18.9 Å². The molecule has 21 heavy (non-hydrogen) atoms. The Kier molecular flexibility index (Phi) is 4.88. The van der Waals surface area contributed by atoms with Crippen molar-refractivity contribution in [3.63, 3.8) is 0 Å². The van der Waals surface area contributed by atoms with E-state index in [0.717, 1.165) is 12.0 Å². The number of ketones is 1. The fourth-order valence-corrected chi connectivity index (χ4v) is 2.35. The number of carbonyl (C=O) groups excluding carboxylic acids is 2. The van der Waals surface area contributed by atoms with Crippen LogP contribution < -0.4 is 0 Å². The van der Waals surface area contributed by atoms with Gasteiger partial charge in [0.1, 0.15) is 0 Å². The summed E-state index contributed by atoms with van der Waals surface area (Å²) in [6, 6.07) is 16.3. The average Bonchev–Trinajstić information content (AvgIpc) is 2.56. The van der Waals surface area contributed by atoms with Gasteiger partial charge in [-0.15, -0.1) is 0 Å². The number of Topliss-reactive ketones (excluding diaryl/α,β-unsaturated/α-hetero) is 1. The maximum Gasteiger partial charge on any atom is 0.337 e. The van der Waals surface area contributed by atoms with Gasteiger partial charge in [-0.05, 0) is 24.1 Å². The zero-order valence-corrected chi connectivity index (χ0v) is 12.2. The van der Waals surface area contributed by atoms with Crippen LogP contribution in [0.1, 0.15) is 45.5 Å². The Morgan fingerprint density at radius 1 is 0.952 bits per heavy atom. The van der Waals surface area contributed by atoms with Crippen molar-refractivity contribution < 1.29 is 14.3 Å². The standard InChI is InChI=1S/C18H18O3/c1-3-16(13-7-5-4-6-8-13)17(19)14-9-11-15(12-10-14)18(20)21-2/h4-12,16H,3H2,1-2H3. The molecule has 3 nitrogen and oxygen atoms in total. The number of carbonyl (C=O) groups is 2. The van der Waals surface area contributed by atoms with Gasteiger partial charge < -0.3 is 4.74 Å². The second-order valence-corrected chi connectivity index (χ2v) is 4.80. The van der Waals surface area contributed by atoms with Crippen molar-refractivity contribution in [1.82, 2.24) is 0 Å². The smallest absolute Gasteiger partial charge is 0.337 e. The van der Waals surface area contributed by atoms with Crippen molar-refractivity contribution in [2.75, 3.05) is 7.11 Å². The Balaban J connectivity index is 2.24. The summed E-state index contributed by atoms with van der Waals surface area (Å²) in [4.78, 5) is 24.0. The third kappa shape index (κ3) is 3.37. The molecule has 1 unspecified atom stereocenters. The molecule has 0 fully saturated rings. The number of hydrogen-bond donors (Lipinski definition) is 0. The first-order valence-corrected chi connectivity index (χ1v) is 6.95. The van der Waals surface area contributed by atoms with Gasteiger partial charge in [-0.25, -0.2) is 4.79 Å². The van der Waals surface area contributed by atoms with Gasteiger partial charge in [0.25, 0.3) is 0 Å². The molecule has 0 aliphatic heterocycles. The first-order chi connectivity index (χ1) is 10.2. The van der Waals surface area contributed by atoms with Gasteiger partial charge in [-0.2, -0.15) is 0 Å². The SMILES string of the molecule is CCC(C(=O)c1ccc(C(=O)OC)cc1)c1ccccc1. The maximum absolute atomic E-state index is 12.6. The van der Waals surface area contributed by atoms with Crippen LogP contribution >= 0.6 is 0 Å². The Morgan fingerprint density at radius 3 is 2.05 bits per heavy atom. The molecule has 0 bridgehead atoms. The topological polar surface area (TPSA) is 43.4 Å². The molecule has 2 aromatic rings. The molecule has 0 amide bonds. The highest BCUT2D eigenvalue weighted by Crippen LogP contribution is 2.24. The van der Waals surface area contributed by atoms with Crippen LogP contribution in [0, 0.1) is 0 Å². The number of benzene rings is 2. The Hall–Kier alpha value is -2.42. The third-order valence-electron chi connectivity index (χ3n) is 3.52. The van der Waals surface area contributed by atoms with Gasteiger partial charge in [0.15, 0.2) is 5.78 Å². The minimum absolute atomic E-state index is 0.0696. The minimum Gasteiger partial charge on any atom is -0.465 e. The molecule has 108 valence electrons. The average molecular weight is 282 g/mol. The van der Waals surface area contributed by atoms with Crippen LogP contribution in [0.4, 0.5) is 0 Å². The summed E-state index contributed by atoms with van der Waals surface area (Å²) in [5.41, 5.74) is 2.07. The quantitative estimate of drug-likeness (QED) is 0.618. The van der Waals surface area contributed by atoms with E-state index >= 15 is 0 Å². The van der Waals surface area contributed by atoms with Gasteiger partial charge in [-0.1, -0.05) is 49.4 Å². The van der Waals surface area contributed by atoms with E-state index < -0.39 is 5.97 Å². The molecule has 0 radical (unpaired) electrons. The van der Waals surface area contributed by atoms with Crippen LogP contribution in [0.2, 0.25) is 0 Å². The van der Waals surface area contributed by atoms with Gasteiger partial charge >= 0.3 is 5.97 Å². The second kappa shape index (κ2) is 6.84. The molecule has 2 rings (SSSR count). The molecule has 0 saturated carbocycles. The molecule has 0 aliphatic rings. The van der Waals surface area contributed by atoms with Gasteiger partial charge in [0.05, 0.1) is 12.7 Å². The summed E-state index contributed by atoms with van der Waals surface area (Å²) in [5, 5.41) is 0. The minimum atomic E-state index is -0.399. The molecular weight excluding hydrogens is 264 g/mol. The van der Waals surface area contributed by atoms with Gasteiger partial charge in [0, 0.05) is 11.5 Å². The Morgan fingerprint density at radius 2 is 1.52 bits per heavy atom. The van der Waals surface area contributed by atoms with Crippen molar-refractivity contribution in [2.45, 2.75) is 19.3 Å². The van der Waals surface area contributed by atoms with Crippen molar-refractivity contribution in [1.29, 1.82) is 0 Å². The van der Waals surface area contributed by atoms with E-state index in [1.54, 1.807) is 24.3 Å². The number of hydrogen-bond acceptors (Lipinski definition) is 3. The highest BCUT2D eigenvalue weighted by Gasteiger charge is 2.20. The molecule has 0 heterocycles. The molecule has 0 N–H and O–H groups in total. The lowest BCUT2D eigenvalue weighted by Crippen LogP contribution is -2.12. The van der Waals surface area contributed by atoms with Crippen molar-refractivity contribution in [2.24, 2.45) is 0 Å². The van der Waals surface area contributed by atoms with E-state index in [-0.39, 0.29) is 11.7 Å².